The van der Waals surface area contributed by atoms with Crippen molar-refractivity contribution in [3.8, 4) is 0 Å². The Balaban J connectivity index is 2.88. The normalized spacial score (nSPS) is 28.2. The van der Waals surface area contributed by atoms with Crippen LogP contribution in [0.2, 0.25) is 0 Å². The van der Waals surface area contributed by atoms with Gasteiger partial charge in [0, 0.05) is 0 Å². The SMILES string of the molecule is COC(=O)C(C)NC(=O)[C@H](CO[C@@H]1O[C@H](CO)[C@H](O)[C@H](O)[C@H]1O)NC(=O)OC(C)(C)C. The number of ether oxygens (including phenoxy) is 4. The quantitative estimate of drug-likeness (QED) is 0.211. The van der Waals surface area contributed by atoms with E-state index in [1.807, 2.05) is 0 Å². The summed E-state index contributed by atoms with van der Waals surface area (Å²) in [6.45, 7) is 4.98. The predicted octanol–water partition coefficient (Wildman–Crippen LogP) is -2.63. The smallest absolute Gasteiger partial charge is 0.408 e. The summed E-state index contributed by atoms with van der Waals surface area (Å²) in [6, 6.07) is -2.43. The summed E-state index contributed by atoms with van der Waals surface area (Å²) in [5, 5.41) is 43.5. The number of methoxy groups -OCH3 is 1. The van der Waals surface area contributed by atoms with Crippen LogP contribution in [0.4, 0.5) is 4.79 Å². The summed E-state index contributed by atoms with van der Waals surface area (Å²) in [6.07, 6.45) is -8.65. The number of aliphatic hydroxyl groups is 4. The first-order valence-electron chi connectivity index (χ1n) is 9.60. The molecule has 1 aliphatic heterocycles. The summed E-state index contributed by atoms with van der Waals surface area (Å²) in [5.41, 5.74) is -0.859. The Morgan fingerprint density at radius 3 is 2.19 bits per heavy atom. The van der Waals surface area contributed by atoms with Gasteiger partial charge in [0.25, 0.3) is 0 Å². The second kappa shape index (κ2) is 11.5. The van der Waals surface area contributed by atoms with Crippen molar-refractivity contribution in [2.45, 2.75) is 76.1 Å². The number of alkyl carbamates (subject to hydrolysis) is 1. The van der Waals surface area contributed by atoms with E-state index < -0.39 is 79.6 Å². The molecule has 1 heterocycles. The third kappa shape index (κ3) is 8.20. The van der Waals surface area contributed by atoms with Crippen LogP contribution in [0.25, 0.3) is 0 Å². The fourth-order valence-electron chi connectivity index (χ4n) is 2.58. The molecule has 0 aliphatic carbocycles. The summed E-state index contributed by atoms with van der Waals surface area (Å²) < 4.78 is 20.2. The molecule has 13 nitrogen and oxygen atoms in total. The highest BCUT2D eigenvalue weighted by Gasteiger charge is 2.44. The first-order valence-corrected chi connectivity index (χ1v) is 9.60. The minimum absolute atomic E-state index is 0.568. The summed E-state index contributed by atoms with van der Waals surface area (Å²) >= 11 is 0. The first-order chi connectivity index (χ1) is 14.3. The van der Waals surface area contributed by atoms with Crippen LogP contribution in [0.1, 0.15) is 27.7 Å². The molecule has 0 aromatic heterocycles. The van der Waals surface area contributed by atoms with Gasteiger partial charge in [-0.05, 0) is 27.7 Å². The molecule has 0 saturated carbocycles. The van der Waals surface area contributed by atoms with E-state index in [4.69, 9.17) is 14.2 Å². The van der Waals surface area contributed by atoms with E-state index in [-0.39, 0.29) is 0 Å². The second-order valence-corrected chi connectivity index (χ2v) is 7.98. The Kier molecular flexibility index (Phi) is 10.1. The highest BCUT2D eigenvalue weighted by Crippen LogP contribution is 2.22. The molecular weight excluding hydrogens is 420 g/mol. The highest BCUT2D eigenvalue weighted by atomic mass is 16.7. The summed E-state index contributed by atoms with van der Waals surface area (Å²) in [4.78, 5) is 36.2. The first kappa shape index (κ1) is 27.0. The van der Waals surface area contributed by atoms with Crippen molar-refractivity contribution >= 4 is 18.0 Å². The molecule has 0 aromatic carbocycles. The van der Waals surface area contributed by atoms with Crippen molar-refractivity contribution in [2.75, 3.05) is 20.3 Å². The molecule has 1 rings (SSSR count). The van der Waals surface area contributed by atoms with Gasteiger partial charge < -0.3 is 50.0 Å². The van der Waals surface area contributed by atoms with Crippen molar-refractivity contribution in [1.29, 1.82) is 0 Å². The van der Waals surface area contributed by atoms with Gasteiger partial charge in [0.05, 0.1) is 20.3 Å². The molecule has 2 amide bonds. The molecule has 7 atom stereocenters. The molecule has 0 bridgehead atoms. The lowest BCUT2D eigenvalue weighted by Gasteiger charge is -2.39. The van der Waals surface area contributed by atoms with E-state index in [1.165, 1.54) is 6.92 Å². The van der Waals surface area contributed by atoms with Gasteiger partial charge in [0.1, 0.15) is 42.1 Å². The fourth-order valence-corrected chi connectivity index (χ4v) is 2.58. The number of hydrogen-bond donors (Lipinski definition) is 6. The molecule has 6 N–H and O–H groups in total. The maximum absolute atomic E-state index is 12.6. The number of carbonyl (C=O) groups excluding carboxylic acids is 3. The minimum atomic E-state index is -1.70. The van der Waals surface area contributed by atoms with Crippen molar-refractivity contribution in [1.82, 2.24) is 10.6 Å². The van der Waals surface area contributed by atoms with Crippen LogP contribution in [-0.4, -0.2) is 107 Å². The van der Waals surface area contributed by atoms with E-state index in [1.54, 1.807) is 20.8 Å². The number of rotatable bonds is 8. The molecule has 0 radical (unpaired) electrons. The molecule has 1 unspecified atom stereocenters. The minimum Gasteiger partial charge on any atom is -0.467 e. The zero-order chi connectivity index (χ0) is 23.9. The average Bonchev–Trinajstić information content (AvgIpc) is 2.68. The Hall–Kier alpha value is -2.03. The van der Waals surface area contributed by atoms with Crippen LogP contribution < -0.4 is 10.6 Å². The van der Waals surface area contributed by atoms with Gasteiger partial charge in [-0.25, -0.2) is 9.59 Å². The van der Waals surface area contributed by atoms with Crippen LogP contribution in [-0.2, 0) is 28.5 Å². The lowest BCUT2D eigenvalue weighted by atomic mass is 9.99. The number of hydrogen-bond acceptors (Lipinski definition) is 11. The van der Waals surface area contributed by atoms with Crippen molar-refractivity contribution in [3.05, 3.63) is 0 Å². The molecule has 180 valence electrons. The molecular formula is C18H32N2O11. The van der Waals surface area contributed by atoms with Crippen LogP contribution in [0.3, 0.4) is 0 Å². The number of aliphatic hydroxyl groups excluding tert-OH is 4. The molecule has 31 heavy (non-hydrogen) atoms. The molecule has 0 aromatic rings. The van der Waals surface area contributed by atoms with Gasteiger partial charge in [-0.1, -0.05) is 0 Å². The molecule has 1 aliphatic rings. The third-order valence-electron chi connectivity index (χ3n) is 4.20. The standard InChI is InChI=1S/C18H32N2O11/c1-8(15(26)28-5)19-14(25)9(20-17(27)31-18(2,3)4)7-29-16-13(24)12(23)11(22)10(6-21)30-16/h8-13,16,21-24H,6-7H2,1-5H3,(H,19,25)(H,20,27)/t8?,9-,10+,11-,12-,13+,16+/m0/s1. The Labute approximate surface area is 179 Å². The van der Waals surface area contributed by atoms with Gasteiger partial charge >= 0.3 is 12.1 Å². The predicted molar refractivity (Wildman–Crippen MR) is 102 cm³/mol. The van der Waals surface area contributed by atoms with E-state index >= 15 is 0 Å². The Bertz CT molecular complexity index is 622. The topological polar surface area (TPSA) is 193 Å². The summed E-state index contributed by atoms with van der Waals surface area (Å²) in [5.74, 6) is -1.55. The van der Waals surface area contributed by atoms with Gasteiger partial charge in [0.15, 0.2) is 6.29 Å². The van der Waals surface area contributed by atoms with E-state index in [9.17, 15) is 34.8 Å². The molecule has 13 heteroatoms. The average molecular weight is 452 g/mol. The lowest BCUT2D eigenvalue weighted by molar-refractivity contribution is -0.301. The lowest BCUT2D eigenvalue weighted by Crippen LogP contribution is -2.60. The van der Waals surface area contributed by atoms with E-state index in [0.29, 0.717) is 0 Å². The maximum Gasteiger partial charge on any atom is 0.408 e. The fraction of sp³-hybridized carbons (Fsp3) is 0.833. The van der Waals surface area contributed by atoms with Crippen LogP contribution in [0.15, 0.2) is 0 Å². The molecule has 1 fully saturated rings. The number of nitrogens with one attached hydrogen (secondary N) is 2. The highest BCUT2D eigenvalue weighted by molar-refractivity contribution is 5.89. The van der Waals surface area contributed by atoms with Crippen LogP contribution in [0.5, 0.6) is 0 Å². The Morgan fingerprint density at radius 1 is 1.06 bits per heavy atom. The van der Waals surface area contributed by atoms with Crippen LogP contribution in [0, 0.1) is 0 Å². The summed E-state index contributed by atoms with van der Waals surface area (Å²) in [7, 11) is 1.14. The largest absolute Gasteiger partial charge is 0.467 e. The van der Waals surface area contributed by atoms with Gasteiger partial charge in [0.2, 0.25) is 5.91 Å². The second-order valence-electron chi connectivity index (χ2n) is 7.98. The van der Waals surface area contributed by atoms with E-state index in [2.05, 4.69) is 15.4 Å². The molecule has 0 spiro atoms. The van der Waals surface area contributed by atoms with Crippen molar-refractivity contribution in [2.24, 2.45) is 0 Å². The zero-order valence-corrected chi connectivity index (χ0v) is 18.1. The van der Waals surface area contributed by atoms with E-state index in [0.717, 1.165) is 7.11 Å². The maximum atomic E-state index is 12.6. The van der Waals surface area contributed by atoms with Crippen molar-refractivity contribution in [3.63, 3.8) is 0 Å². The van der Waals surface area contributed by atoms with Gasteiger partial charge in [-0.3, -0.25) is 4.79 Å². The number of amides is 2. The van der Waals surface area contributed by atoms with Crippen molar-refractivity contribution < 1.29 is 53.8 Å². The monoisotopic (exact) mass is 452 g/mol. The zero-order valence-electron chi connectivity index (χ0n) is 18.1. The number of carbonyl (C=O) groups is 3. The number of esters is 1. The van der Waals surface area contributed by atoms with Crippen LogP contribution >= 0.6 is 0 Å². The van der Waals surface area contributed by atoms with Gasteiger partial charge in [-0.15, -0.1) is 0 Å². The third-order valence-corrected chi connectivity index (χ3v) is 4.20. The molecule has 1 saturated heterocycles. The Morgan fingerprint density at radius 2 is 1.68 bits per heavy atom. The van der Waals surface area contributed by atoms with Gasteiger partial charge in [-0.2, -0.15) is 0 Å².